The highest BCUT2D eigenvalue weighted by molar-refractivity contribution is 5.71. The Labute approximate surface area is 453 Å². The summed E-state index contributed by atoms with van der Waals surface area (Å²) < 4.78 is 16.9. The molecule has 0 aromatic rings. The number of hydrogen-bond acceptors (Lipinski definition) is 6. The van der Waals surface area contributed by atoms with Gasteiger partial charge in [-0.25, -0.2) is 0 Å². The molecule has 73 heavy (non-hydrogen) atoms. The smallest absolute Gasteiger partial charge is 0.306 e. The SMILES string of the molecule is CCCCC/C=C\C/C=C\CCCCCCCC(=O)OCC(COC(=O)CCCCCCCCCCC/C=C\C/C=C\CCCCCCC)OC(=O)CCCCCCCCCCC/C=C\CCCCCCCC. The van der Waals surface area contributed by atoms with Crippen molar-refractivity contribution in [2.45, 2.75) is 335 Å². The zero-order chi connectivity index (χ0) is 52.9. The third-order valence-corrected chi connectivity index (χ3v) is 14.0. The van der Waals surface area contributed by atoms with Crippen LogP contribution in [-0.4, -0.2) is 37.2 Å². The van der Waals surface area contributed by atoms with Crippen LogP contribution in [-0.2, 0) is 28.6 Å². The topological polar surface area (TPSA) is 78.9 Å². The van der Waals surface area contributed by atoms with E-state index in [1.54, 1.807) is 0 Å². The molecule has 0 rings (SSSR count). The van der Waals surface area contributed by atoms with Gasteiger partial charge in [-0.15, -0.1) is 0 Å². The van der Waals surface area contributed by atoms with Crippen molar-refractivity contribution in [2.24, 2.45) is 0 Å². The lowest BCUT2D eigenvalue weighted by atomic mass is 10.1. The van der Waals surface area contributed by atoms with Crippen molar-refractivity contribution < 1.29 is 28.6 Å². The maximum Gasteiger partial charge on any atom is 0.306 e. The molecule has 0 N–H and O–H groups in total. The molecule has 6 nitrogen and oxygen atoms in total. The molecule has 0 aliphatic rings. The van der Waals surface area contributed by atoms with Crippen LogP contribution in [0.1, 0.15) is 329 Å². The largest absolute Gasteiger partial charge is 0.462 e. The molecule has 0 amide bonds. The van der Waals surface area contributed by atoms with Gasteiger partial charge >= 0.3 is 17.9 Å². The van der Waals surface area contributed by atoms with E-state index < -0.39 is 6.10 Å². The Morgan fingerprint density at radius 1 is 0.274 bits per heavy atom. The van der Waals surface area contributed by atoms with Gasteiger partial charge in [0, 0.05) is 19.3 Å². The fraction of sp³-hybridized carbons (Fsp3) is 0.806. The molecule has 0 aliphatic carbocycles. The number of allylic oxidation sites excluding steroid dienone is 10. The number of rotatable bonds is 58. The van der Waals surface area contributed by atoms with Crippen LogP contribution >= 0.6 is 0 Å². The molecule has 6 heteroatoms. The quantitative estimate of drug-likeness (QED) is 0.0261. The maximum atomic E-state index is 12.9. The lowest BCUT2D eigenvalue weighted by Crippen LogP contribution is -2.30. The van der Waals surface area contributed by atoms with Gasteiger partial charge in [0.2, 0.25) is 0 Å². The molecule has 1 atom stereocenters. The molecule has 0 aromatic carbocycles. The number of unbranched alkanes of at least 4 members (excludes halogenated alkanes) is 37. The van der Waals surface area contributed by atoms with Gasteiger partial charge in [0.05, 0.1) is 0 Å². The minimum Gasteiger partial charge on any atom is -0.462 e. The summed E-state index contributed by atoms with van der Waals surface area (Å²) in [7, 11) is 0. The zero-order valence-electron chi connectivity index (χ0n) is 48.7. The first kappa shape index (κ1) is 70.1. The highest BCUT2D eigenvalue weighted by atomic mass is 16.6. The minimum atomic E-state index is -0.784. The number of hydrogen-bond donors (Lipinski definition) is 0. The van der Waals surface area contributed by atoms with Crippen LogP contribution in [0.25, 0.3) is 0 Å². The number of carbonyl (C=O) groups excluding carboxylic acids is 3. The third kappa shape index (κ3) is 59.9. The van der Waals surface area contributed by atoms with E-state index in [2.05, 4.69) is 81.5 Å². The standard InChI is InChI=1S/C67H120O6/c1-4-7-10-13-16-19-22-25-28-30-32-33-35-36-39-42-45-48-51-54-57-60-66(69)72-63-64(62-71-65(68)59-56-53-50-47-44-41-38-27-24-21-18-15-12-9-6-3)73-67(70)61-58-55-52-49-46-43-40-37-34-31-29-26-23-20-17-14-11-8-5-2/h18,21-22,25-27,29-30,32,38,64H,4-17,19-20,23-24,28,31,33-37,39-63H2,1-3H3/b21-18-,25-22-,29-26-,32-30-,38-27-. The maximum absolute atomic E-state index is 12.9. The van der Waals surface area contributed by atoms with Crippen molar-refractivity contribution in [1.82, 2.24) is 0 Å². The molecule has 0 aliphatic heterocycles. The van der Waals surface area contributed by atoms with Crippen molar-refractivity contribution >= 4 is 17.9 Å². The molecule has 0 saturated heterocycles. The van der Waals surface area contributed by atoms with Crippen molar-refractivity contribution in [3.8, 4) is 0 Å². The Morgan fingerprint density at radius 2 is 0.493 bits per heavy atom. The molecule has 1 unspecified atom stereocenters. The Bertz CT molecular complexity index is 1310. The molecule has 0 aromatic heterocycles. The first-order valence-electron chi connectivity index (χ1n) is 31.8. The van der Waals surface area contributed by atoms with Crippen molar-refractivity contribution in [1.29, 1.82) is 0 Å². The predicted octanol–water partition coefficient (Wildman–Crippen LogP) is 21.6. The Kier molecular flexibility index (Phi) is 59.2. The molecule has 0 heterocycles. The van der Waals surface area contributed by atoms with E-state index in [9.17, 15) is 14.4 Å². The third-order valence-electron chi connectivity index (χ3n) is 14.0. The second kappa shape index (κ2) is 61.7. The van der Waals surface area contributed by atoms with E-state index in [-0.39, 0.29) is 31.1 Å². The highest BCUT2D eigenvalue weighted by Crippen LogP contribution is 2.16. The van der Waals surface area contributed by atoms with Crippen molar-refractivity contribution in [2.75, 3.05) is 13.2 Å². The van der Waals surface area contributed by atoms with E-state index in [1.807, 2.05) is 0 Å². The Morgan fingerprint density at radius 3 is 0.795 bits per heavy atom. The summed E-state index contributed by atoms with van der Waals surface area (Å²) >= 11 is 0. The van der Waals surface area contributed by atoms with Gasteiger partial charge in [0.15, 0.2) is 6.10 Å². The molecule has 0 fully saturated rings. The second-order valence-electron chi connectivity index (χ2n) is 21.3. The first-order chi connectivity index (χ1) is 36.0. The van der Waals surface area contributed by atoms with E-state index >= 15 is 0 Å². The molecule has 0 bridgehead atoms. The van der Waals surface area contributed by atoms with Crippen LogP contribution in [0.3, 0.4) is 0 Å². The molecule has 0 spiro atoms. The summed E-state index contributed by atoms with van der Waals surface area (Å²) in [5.41, 5.74) is 0. The normalized spacial score (nSPS) is 12.4. The van der Waals surface area contributed by atoms with Gasteiger partial charge in [-0.2, -0.15) is 0 Å². The molecule has 424 valence electrons. The van der Waals surface area contributed by atoms with Crippen LogP contribution in [0, 0.1) is 0 Å². The van der Waals surface area contributed by atoms with Gasteiger partial charge in [0.25, 0.3) is 0 Å². The van der Waals surface area contributed by atoms with Crippen LogP contribution in [0.5, 0.6) is 0 Å². The summed E-state index contributed by atoms with van der Waals surface area (Å²) in [4.78, 5) is 38.3. The summed E-state index contributed by atoms with van der Waals surface area (Å²) in [6.45, 7) is 6.62. The van der Waals surface area contributed by atoms with Crippen molar-refractivity contribution in [3.63, 3.8) is 0 Å². The lowest BCUT2D eigenvalue weighted by molar-refractivity contribution is -0.167. The zero-order valence-corrected chi connectivity index (χ0v) is 48.7. The van der Waals surface area contributed by atoms with E-state index in [0.29, 0.717) is 19.3 Å². The van der Waals surface area contributed by atoms with Crippen LogP contribution in [0.4, 0.5) is 0 Å². The van der Waals surface area contributed by atoms with Gasteiger partial charge in [-0.05, 0) is 109 Å². The number of carbonyl (C=O) groups is 3. The fourth-order valence-electron chi connectivity index (χ4n) is 9.15. The monoisotopic (exact) mass is 1020 g/mol. The summed E-state index contributed by atoms with van der Waals surface area (Å²) in [5.74, 6) is -0.884. The van der Waals surface area contributed by atoms with E-state index in [1.165, 1.54) is 205 Å². The molecular weight excluding hydrogens is 901 g/mol. The lowest BCUT2D eigenvalue weighted by Gasteiger charge is -2.18. The number of ether oxygens (including phenoxy) is 3. The molecule has 0 radical (unpaired) electrons. The van der Waals surface area contributed by atoms with Gasteiger partial charge in [-0.3, -0.25) is 14.4 Å². The second-order valence-corrected chi connectivity index (χ2v) is 21.3. The van der Waals surface area contributed by atoms with Crippen LogP contribution in [0.2, 0.25) is 0 Å². The van der Waals surface area contributed by atoms with Crippen molar-refractivity contribution in [3.05, 3.63) is 60.8 Å². The number of esters is 3. The Hall–Kier alpha value is -2.89. The first-order valence-corrected chi connectivity index (χ1v) is 31.8. The molecule has 0 saturated carbocycles. The molecular formula is C67H120O6. The van der Waals surface area contributed by atoms with Gasteiger partial charge < -0.3 is 14.2 Å². The van der Waals surface area contributed by atoms with Gasteiger partial charge in [0.1, 0.15) is 13.2 Å². The van der Waals surface area contributed by atoms with Crippen LogP contribution < -0.4 is 0 Å². The predicted molar refractivity (Wildman–Crippen MR) is 316 cm³/mol. The highest BCUT2D eigenvalue weighted by Gasteiger charge is 2.19. The Balaban J connectivity index is 4.36. The minimum absolute atomic E-state index is 0.0802. The average Bonchev–Trinajstić information content (AvgIpc) is 3.39. The average molecular weight is 1020 g/mol. The van der Waals surface area contributed by atoms with E-state index in [0.717, 1.165) is 83.5 Å². The van der Waals surface area contributed by atoms with Crippen LogP contribution in [0.15, 0.2) is 60.8 Å². The fourth-order valence-corrected chi connectivity index (χ4v) is 9.15. The summed E-state index contributed by atoms with van der Waals surface area (Å²) in [5, 5.41) is 0. The summed E-state index contributed by atoms with van der Waals surface area (Å²) in [6, 6.07) is 0. The van der Waals surface area contributed by atoms with Gasteiger partial charge in [-0.1, -0.05) is 261 Å². The van der Waals surface area contributed by atoms with E-state index in [4.69, 9.17) is 14.2 Å². The summed E-state index contributed by atoms with van der Waals surface area (Å²) in [6.07, 6.45) is 77.9.